The number of rotatable bonds is 4. The van der Waals surface area contributed by atoms with Crippen LogP contribution in [0.2, 0.25) is 0 Å². The number of amides is 1. The molecule has 0 saturated carbocycles. The maximum absolute atomic E-state index is 12.8. The summed E-state index contributed by atoms with van der Waals surface area (Å²) in [6, 6.07) is 9.98. The Labute approximate surface area is 151 Å². The van der Waals surface area contributed by atoms with Crippen LogP contribution in [-0.2, 0) is 6.54 Å². The minimum absolute atomic E-state index is 0.0722. The lowest BCUT2D eigenvalue weighted by Gasteiger charge is -2.17. The number of aromatic nitrogens is 6. The van der Waals surface area contributed by atoms with Crippen LogP contribution >= 0.6 is 0 Å². The van der Waals surface area contributed by atoms with Gasteiger partial charge in [0.2, 0.25) is 0 Å². The number of nitrogens with zero attached hydrogens (tertiary/aromatic N) is 7. The molecule has 0 N–H and O–H groups in total. The maximum Gasteiger partial charge on any atom is 0.253 e. The highest BCUT2D eigenvalue weighted by molar-refractivity contribution is 5.94. The minimum atomic E-state index is 0.0722. The van der Waals surface area contributed by atoms with E-state index in [2.05, 4.69) is 38.3 Å². The van der Waals surface area contributed by atoms with E-state index in [1.165, 1.54) is 0 Å². The molecule has 0 spiro atoms. The van der Waals surface area contributed by atoms with Crippen molar-refractivity contribution in [1.29, 1.82) is 0 Å². The first-order valence-corrected chi connectivity index (χ1v) is 8.72. The van der Waals surface area contributed by atoms with E-state index in [1.807, 2.05) is 36.1 Å². The van der Waals surface area contributed by atoms with Crippen LogP contribution in [0.15, 0.2) is 36.7 Å². The highest BCUT2D eigenvalue weighted by Gasteiger charge is 2.29. The second-order valence-electron chi connectivity index (χ2n) is 6.77. The van der Waals surface area contributed by atoms with Crippen molar-refractivity contribution in [2.75, 3.05) is 13.1 Å². The van der Waals surface area contributed by atoms with Gasteiger partial charge in [0, 0.05) is 24.3 Å². The van der Waals surface area contributed by atoms with Gasteiger partial charge in [-0.25, -0.2) is 4.68 Å². The lowest BCUT2D eigenvalue weighted by Crippen LogP contribution is -2.29. The van der Waals surface area contributed by atoms with Crippen molar-refractivity contribution in [3.8, 4) is 0 Å². The molecule has 134 valence electrons. The number of hydrogen-bond donors (Lipinski definition) is 0. The molecule has 0 radical (unpaired) electrons. The third-order valence-electron chi connectivity index (χ3n) is 4.78. The Balaban J connectivity index is 1.42. The van der Waals surface area contributed by atoms with Gasteiger partial charge in [-0.3, -0.25) is 9.48 Å². The van der Waals surface area contributed by atoms with E-state index in [0.29, 0.717) is 18.7 Å². The Morgan fingerprint density at radius 3 is 2.69 bits per heavy atom. The third-order valence-corrected chi connectivity index (χ3v) is 4.78. The molecule has 0 bridgehead atoms. The summed E-state index contributed by atoms with van der Waals surface area (Å²) < 4.78 is 3.70. The number of aryl methyl sites for hydroxylation is 2. The smallest absolute Gasteiger partial charge is 0.253 e. The molecule has 1 aromatic carbocycles. The molecule has 2 aromatic heterocycles. The van der Waals surface area contributed by atoms with E-state index in [1.54, 1.807) is 11.0 Å². The first-order chi connectivity index (χ1) is 12.6. The average Bonchev–Trinajstić information content (AvgIpc) is 3.36. The Hall–Kier alpha value is -3.03. The molecule has 0 unspecified atom stereocenters. The van der Waals surface area contributed by atoms with Gasteiger partial charge in [0.05, 0.1) is 18.3 Å². The Kier molecular flexibility index (Phi) is 4.24. The molecule has 26 heavy (non-hydrogen) atoms. The second-order valence-corrected chi connectivity index (χ2v) is 6.77. The van der Waals surface area contributed by atoms with Crippen LogP contribution in [0.5, 0.6) is 0 Å². The zero-order valence-electron chi connectivity index (χ0n) is 14.9. The molecule has 8 heteroatoms. The zero-order chi connectivity index (χ0) is 18.1. The minimum Gasteiger partial charge on any atom is -0.336 e. The molecule has 3 aromatic rings. The predicted molar refractivity (Wildman–Crippen MR) is 94.6 cm³/mol. The molecule has 1 saturated heterocycles. The summed E-state index contributed by atoms with van der Waals surface area (Å²) in [6.07, 6.45) is 2.51. The largest absolute Gasteiger partial charge is 0.336 e. The monoisotopic (exact) mass is 351 g/mol. The summed E-state index contributed by atoms with van der Waals surface area (Å²) in [6.45, 7) is 6.11. The van der Waals surface area contributed by atoms with E-state index in [0.717, 1.165) is 29.9 Å². The maximum atomic E-state index is 12.8. The van der Waals surface area contributed by atoms with E-state index < -0.39 is 0 Å². The van der Waals surface area contributed by atoms with E-state index in [4.69, 9.17) is 0 Å². The summed E-state index contributed by atoms with van der Waals surface area (Å²) in [4.78, 5) is 14.7. The van der Waals surface area contributed by atoms with Crippen LogP contribution in [0, 0.1) is 13.8 Å². The number of likely N-dealkylation sites (tertiary alicyclic amines) is 1. The molecule has 1 atom stereocenters. The Morgan fingerprint density at radius 2 is 2.04 bits per heavy atom. The van der Waals surface area contributed by atoms with Gasteiger partial charge in [0.25, 0.3) is 5.91 Å². The molecular weight excluding hydrogens is 330 g/mol. The molecular formula is C18H21N7O. The molecule has 1 aliphatic heterocycles. The van der Waals surface area contributed by atoms with Crippen molar-refractivity contribution in [2.45, 2.75) is 32.9 Å². The lowest BCUT2D eigenvalue weighted by molar-refractivity contribution is 0.0787. The van der Waals surface area contributed by atoms with Gasteiger partial charge < -0.3 is 4.90 Å². The number of carbonyl (C=O) groups is 1. The highest BCUT2D eigenvalue weighted by atomic mass is 16.2. The van der Waals surface area contributed by atoms with Crippen molar-refractivity contribution < 1.29 is 4.79 Å². The summed E-state index contributed by atoms with van der Waals surface area (Å²) in [5.41, 5.74) is 3.93. The molecule has 0 aliphatic carbocycles. The van der Waals surface area contributed by atoms with Gasteiger partial charge in [0.1, 0.15) is 6.33 Å². The normalized spacial score (nSPS) is 17.0. The lowest BCUT2D eigenvalue weighted by atomic mass is 10.1. The van der Waals surface area contributed by atoms with Crippen LogP contribution in [-0.4, -0.2) is 53.9 Å². The summed E-state index contributed by atoms with van der Waals surface area (Å²) in [5.74, 6) is 0.0722. The van der Waals surface area contributed by atoms with Crippen molar-refractivity contribution in [1.82, 2.24) is 34.9 Å². The number of tetrazole rings is 1. The van der Waals surface area contributed by atoms with E-state index in [-0.39, 0.29) is 11.9 Å². The summed E-state index contributed by atoms with van der Waals surface area (Å²) >= 11 is 0. The number of benzene rings is 1. The number of carbonyl (C=O) groups excluding carboxylic acids is 1. The predicted octanol–water partition coefficient (Wildman–Crippen LogP) is 1.62. The molecule has 8 nitrogen and oxygen atoms in total. The Morgan fingerprint density at radius 1 is 1.23 bits per heavy atom. The van der Waals surface area contributed by atoms with Crippen molar-refractivity contribution in [3.05, 3.63) is 59.2 Å². The van der Waals surface area contributed by atoms with Crippen molar-refractivity contribution in [2.24, 2.45) is 0 Å². The van der Waals surface area contributed by atoms with Gasteiger partial charge in [-0.1, -0.05) is 12.1 Å². The first kappa shape index (κ1) is 16.4. The van der Waals surface area contributed by atoms with Crippen molar-refractivity contribution >= 4 is 5.91 Å². The van der Waals surface area contributed by atoms with Crippen LogP contribution in [0.1, 0.15) is 39.8 Å². The first-order valence-electron chi connectivity index (χ1n) is 8.72. The number of hydrogen-bond acceptors (Lipinski definition) is 5. The van der Waals surface area contributed by atoms with Crippen LogP contribution in [0.4, 0.5) is 0 Å². The standard InChI is InChI=1S/C18H21N7O/c1-13-9-14(2)25(20-13)17-7-8-23(11-17)18(26)16-5-3-15(4-6-16)10-24-12-19-21-22-24/h3-6,9,12,17H,7-8,10-11H2,1-2H3/t17-/m0/s1. The fourth-order valence-electron chi connectivity index (χ4n) is 3.52. The van der Waals surface area contributed by atoms with E-state index in [9.17, 15) is 4.79 Å². The second kappa shape index (κ2) is 6.70. The van der Waals surface area contributed by atoms with Crippen LogP contribution in [0.25, 0.3) is 0 Å². The molecule has 3 heterocycles. The fraction of sp³-hybridized carbons (Fsp3) is 0.389. The molecule has 1 aliphatic rings. The van der Waals surface area contributed by atoms with Crippen molar-refractivity contribution in [3.63, 3.8) is 0 Å². The van der Waals surface area contributed by atoms with Gasteiger partial charge in [0.15, 0.2) is 0 Å². The molecule has 1 fully saturated rings. The SMILES string of the molecule is Cc1cc(C)n([C@H]2CCN(C(=O)c3ccc(Cn4cnnn4)cc3)C2)n1. The average molecular weight is 351 g/mol. The highest BCUT2D eigenvalue weighted by Crippen LogP contribution is 2.24. The van der Waals surface area contributed by atoms with E-state index >= 15 is 0 Å². The quantitative estimate of drug-likeness (QED) is 0.713. The zero-order valence-corrected chi connectivity index (χ0v) is 14.9. The fourth-order valence-corrected chi connectivity index (χ4v) is 3.52. The topological polar surface area (TPSA) is 81.7 Å². The van der Waals surface area contributed by atoms with Crippen LogP contribution < -0.4 is 0 Å². The van der Waals surface area contributed by atoms with Gasteiger partial charge in [-0.05, 0) is 54.5 Å². The molecule has 1 amide bonds. The molecule has 4 rings (SSSR count). The summed E-state index contributed by atoms with van der Waals surface area (Å²) in [5, 5.41) is 15.7. The van der Waals surface area contributed by atoms with Crippen LogP contribution in [0.3, 0.4) is 0 Å². The Bertz CT molecular complexity index is 898. The third kappa shape index (κ3) is 3.22. The van der Waals surface area contributed by atoms with Gasteiger partial charge >= 0.3 is 0 Å². The summed E-state index contributed by atoms with van der Waals surface area (Å²) in [7, 11) is 0. The van der Waals surface area contributed by atoms with Gasteiger partial charge in [-0.15, -0.1) is 5.10 Å². The van der Waals surface area contributed by atoms with Gasteiger partial charge in [-0.2, -0.15) is 5.10 Å².